The van der Waals surface area contributed by atoms with Crippen molar-refractivity contribution in [2.45, 2.75) is 23.6 Å². The molecular weight excluding hydrogens is 421 g/mol. The highest BCUT2D eigenvalue weighted by atomic mass is 32.2. The second kappa shape index (κ2) is 9.23. The lowest BCUT2D eigenvalue weighted by Crippen LogP contribution is -2.40. The van der Waals surface area contributed by atoms with Gasteiger partial charge in [-0.2, -0.15) is 13.2 Å². The predicted octanol–water partition coefficient (Wildman–Crippen LogP) is 3.05. The summed E-state index contributed by atoms with van der Waals surface area (Å²) in [6.45, 7) is 1.39. The first-order valence-corrected chi connectivity index (χ1v) is 10.9. The van der Waals surface area contributed by atoms with E-state index >= 15 is 0 Å². The number of nitrogens with one attached hydrogen (secondary N) is 2. The molecule has 0 radical (unpaired) electrons. The standard InChI is InChI=1S/C20H23F3N2O4S/c1-28-16-6-8-18(9-7-16)30(26,27)25-13-19(14-10-11-24-12-14)29-17-4-2-15(3-5-17)20(21,22)23/h2-9,14,19,24-25H,10-13H2,1H3/t14-,19+/m0/s1. The molecule has 1 aliphatic rings. The van der Waals surface area contributed by atoms with Crippen LogP contribution < -0.4 is 19.5 Å². The van der Waals surface area contributed by atoms with E-state index in [9.17, 15) is 21.6 Å². The largest absolute Gasteiger partial charge is 0.497 e. The second-order valence-corrected chi connectivity index (χ2v) is 8.73. The quantitative estimate of drug-likeness (QED) is 0.655. The summed E-state index contributed by atoms with van der Waals surface area (Å²) in [6, 6.07) is 10.3. The first-order chi connectivity index (χ1) is 14.2. The number of hydrogen-bond acceptors (Lipinski definition) is 5. The van der Waals surface area contributed by atoms with E-state index in [1.54, 1.807) is 12.1 Å². The topological polar surface area (TPSA) is 76.7 Å². The molecule has 164 valence electrons. The number of hydrogen-bond donors (Lipinski definition) is 2. The fourth-order valence-electron chi connectivity index (χ4n) is 3.23. The number of sulfonamides is 1. The van der Waals surface area contributed by atoms with E-state index in [4.69, 9.17) is 9.47 Å². The molecule has 1 aliphatic heterocycles. The zero-order valence-electron chi connectivity index (χ0n) is 16.3. The van der Waals surface area contributed by atoms with Crippen molar-refractivity contribution in [3.8, 4) is 11.5 Å². The molecule has 0 spiro atoms. The maximum absolute atomic E-state index is 12.8. The van der Waals surface area contributed by atoms with Crippen molar-refractivity contribution in [1.82, 2.24) is 10.0 Å². The monoisotopic (exact) mass is 444 g/mol. The Bertz CT molecular complexity index is 926. The van der Waals surface area contributed by atoms with E-state index in [2.05, 4.69) is 10.0 Å². The van der Waals surface area contributed by atoms with Crippen molar-refractivity contribution in [3.63, 3.8) is 0 Å². The lowest BCUT2D eigenvalue weighted by molar-refractivity contribution is -0.137. The first kappa shape index (κ1) is 22.4. The molecule has 0 unspecified atom stereocenters. The van der Waals surface area contributed by atoms with E-state index in [-0.39, 0.29) is 23.1 Å². The molecule has 2 N–H and O–H groups in total. The number of rotatable bonds is 8. The Hall–Kier alpha value is -2.30. The van der Waals surface area contributed by atoms with Crippen LogP contribution in [-0.2, 0) is 16.2 Å². The zero-order valence-corrected chi connectivity index (χ0v) is 17.1. The van der Waals surface area contributed by atoms with Crippen LogP contribution in [0.25, 0.3) is 0 Å². The smallest absolute Gasteiger partial charge is 0.416 e. The Morgan fingerprint density at radius 1 is 1.10 bits per heavy atom. The van der Waals surface area contributed by atoms with Gasteiger partial charge >= 0.3 is 6.18 Å². The van der Waals surface area contributed by atoms with Crippen LogP contribution in [-0.4, -0.2) is 41.3 Å². The van der Waals surface area contributed by atoms with Crippen LogP contribution in [0.1, 0.15) is 12.0 Å². The average Bonchev–Trinajstić information content (AvgIpc) is 3.25. The molecule has 2 aromatic rings. The van der Waals surface area contributed by atoms with Crippen molar-refractivity contribution in [2.24, 2.45) is 5.92 Å². The van der Waals surface area contributed by atoms with Gasteiger partial charge < -0.3 is 14.8 Å². The van der Waals surface area contributed by atoms with Crippen LogP contribution in [0, 0.1) is 5.92 Å². The van der Waals surface area contributed by atoms with Gasteiger partial charge in [-0.05, 0) is 61.5 Å². The summed E-state index contributed by atoms with van der Waals surface area (Å²) in [5, 5.41) is 3.19. The molecule has 1 heterocycles. The van der Waals surface area contributed by atoms with Crippen LogP contribution in [0.5, 0.6) is 11.5 Å². The Morgan fingerprint density at radius 3 is 2.27 bits per heavy atom. The van der Waals surface area contributed by atoms with Crippen LogP contribution >= 0.6 is 0 Å². The minimum atomic E-state index is -4.43. The molecule has 0 aliphatic carbocycles. The molecule has 6 nitrogen and oxygen atoms in total. The average molecular weight is 444 g/mol. The lowest BCUT2D eigenvalue weighted by Gasteiger charge is -2.25. The fraction of sp³-hybridized carbons (Fsp3) is 0.400. The molecule has 2 atom stereocenters. The Balaban J connectivity index is 1.71. The van der Waals surface area contributed by atoms with Crippen LogP contribution in [0.2, 0.25) is 0 Å². The molecule has 1 fully saturated rings. The molecule has 1 saturated heterocycles. The van der Waals surface area contributed by atoms with Crippen molar-refractivity contribution in [1.29, 1.82) is 0 Å². The third-order valence-corrected chi connectivity index (χ3v) is 6.38. The van der Waals surface area contributed by atoms with Gasteiger partial charge in [0.2, 0.25) is 10.0 Å². The predicted molar refractivity (Wildman–Crippen MR) is 105 cm³/mol. The van der Waals surface area contributed by atoms with E-state index in [1.807, 2.05) is 0 Å². The van der Waals surface area contributed by atoms with E-state index in [0.29, 0.717) is 12.3 Å². The Kier molecular flexibility index (Phi) is 6.89. The highest BCUT2D eigenvalue weighted by Gasteiger charge is 2.31. The van der Waals surface area contributed by atoms with Gasteiger partial charge in [-0.3, -0.25) is 0 Å². The van der Waals surface area contributed by atoms with Gasteiger partial charge in [-0.25, -0.2) is 13.1 Å². The fourth-order valence-corrected chi connectivity index (χ4v) is 4.27. The van der Waals surface area contributed by atoms with E-state index in [1.165, 1.54) is 31.4 Å². The van der Waals surface area contributed by atoms with Gasteiger partial charge in [0.1, 0.15) is 17.6 Å². The highest BCUT2D eigenvalue weighted by Crippen LogP contribution is 2.31. The summed E-state index contributed by atoms with van der Waals surface area (Å²) in [5.74, 6) is 0.809. The Labute approximate surface area is 173 Å². The number of halogens is 3. The first-order valence-electron chi connectivity index (χ1n) is 9.37. The third-order valence-electron chi connectivity index (χ3n) is 4.94. The van der Waals surface area contributed by atoms with Gasteiger partial charge in [-0.15, -0.1) is 0 Å². The molecule has 0 amide bonds. The number of methoxy groups -OCH3 is 1. The Morgan fingerprint density at radius 2 is 1.73 bits per heavy atom. The highest BCUT2D eigenvalue weighted by molar-refractivity contribution is 7.89. The van der Waals surface area contributed by atoms with Crippen LogP contribution in [0.15, 0.2) is 53.4 Å². The van der Waals surface area contributed by atoms with Crippen molar-refractivity contribution >= 4 is 10.0 Å². The normalized spacial score (nSPS) is 18.2. The number of ether oxygens (including phenoxy) is 2. The van der Waals surface area contributed by atoms with Gasteiger partial charge in [0.25, 0.3) is 0 Å². The van der Waals surface area contributed by atoms with E-state index in [0.717, 1.165) is 25.1 Å². The minimum Gasteiger partial charge on any atom is -0.497 e. The van der Waals surface area contributed by atoms with E-state index < -0.39 is 27.9 Å². The zero-order chi connectivity index (χ0) is 21.8. The van der Waals surface area contributed by atoms with Gasteiger partial charge in [0.15, 0.2) is 0 Å². The maximum Gasteiger partial charge on any atom is 0.416 e. The van der Waals surface area contributed by atoms with Crippen LogP contribution in [0.4, 0.5) is 13.2 Å². The molecule has 30 heavy (non-hydrogen) atoms. The summed E-state index contributed by atoms with van der Waals surface area (Å²) < 4.78 is 76.9. The molecule has 3 rings (SSSR count). The second-order valence-electron chi connectivity index (χ2n) is 6.96. The SMILES string of the molecule is COc1ccc(S(=O)(=O)NC[C@@H](Oc2ccc(C(F)(F)F)cc2)[C@H]2CCNC2)cc1. The van der Waals surface area contributed by atoms with Crippen LogP contribution in [0.3, 0.4) is 0 Å². The van der Waals surface area contributed by atoms with Crippen molar-refractivity contribution in [3.05, 3.63) is 54.1 Å². The molecule has 10 heteroatoms. The number of alkyl halides is 3. The summed E-state index contributed by atoms with van der Waals surface area (Å²) >= 11 is 0. The summed E-state index contributed by atoms with van der Waals surface area (Å²) in [5.41, 5.74) is -0.769. The molecular formula is C20H23F3N2O4S. The maximum atomic E-state index is 12.8. The van der Waals surface area contributed by atoms with Gasteiger partial charge in [0.05, 0.1) is 17.6 Å². The third kappa shape index (κ3) is 5.65. The molecule has 0 saturated carbocycles. The van der Waals surface area contributed by atoms with Crippen molar-refractivity contribution < 1.29 is 31.1 Å². The summed E-state index contributed by atoms with van der Waals surface area (Å²) in [6.07, 6.45) is -4.19. The molecule has 2 aromatic carbocycles. The number of benzene rings is 2. The molecule has 0 bridgehead atoms. The van der Waals surface area contributed by atoms with Gasteiger partial charge in [-0.1, -0.05) is 0 Å². The summed E-state index contributed by atoms with van der Waals surface area (Å²) in [7, 11) is -2.30. The van der Waals surface area contributed by atoms with Crippen molar-refractivity contribution in [2.75, 3.05) is 26.7 Å². The lowest BCUT2D eigenvalue weighted by atomic mass is 10.0. The van der Waals surface area contributed by atoms with Gasteiger partial charge in [0, 0.05) is 19.0 Å². The minimum absolute atomic E-state index is 0.0122. The molecule has 0 aromatic heterocycles. The summed E-state index contributed by atoms with van der Waals surface area (Å²) in [4.78, 5) is 0.0844.